The van der Waals surface area contributed by atoms with Crippen LogP contribution in [0.2, 0.25) is 0 Å². The maximum atomic E-state index is 11.5. The fourth-order valence-corrected chi connectivity index (χ4v) is 4.85. The highest BCUT2D eigenvalue weighted by molar-refractivity contribution is 7.13. The molecule has 2 fully saturated rings. The molecule has 0 unspecified atom stereocenters. The van der Waals surface area contributed by atoms with Crippen molar-refractivity contribution in [2.24, 2.45) is 5.41 Å². The Morgan fingerprint density at radius 3 is 2.70 bits per heavy atom. The summed E-state index contributed by atoms with van der Waals surface area (Å²) in [4.78, 5) is 17.5. The number of thiophene rings is 1. The molecule has 4 rings (SSSR count). The van der Waals surface area contributed by atoms with Crippen molar-refractivity contribution in [1.29, 1.82) is 0 Å². The average Bonchev–Trinajstić information content (AvgIpc) is 3.29. The largest absolute Gasteiger partial charge is 0.481 e. The lowest BCUT2D eigenvalue weighted by atomic mass is 9.84. The minimum atomic E-state index is -0.614. The van der Waals surface area contributed by atoms with Crippen molar-refractivity contribution >= 4 is 17.3 Å². The smallest absolute Gasteiger partial charge is 0.309 e. The number of carboxylic acid groups (broad SMARTS) is 1. The van der Waals surface area contributed by atoms with Crippen molar-refractivity contribution in [3.63, 3.8) is 0 Å². The Morgan fingerprint density at radius 2 is 2.04 bits per heavy atom. The van der Waals surface area contributed by atoms with E-state index in [0.717, 1.165) is 43.5 Å². The first-order valence-corrected chi connectivity index (χ1v) is 8.97. The van der Waals surface area contributed by atoms with E-state index in [1.165, 1.54) is 4.88 Å². The Balaban J connectivity index is 1.46. The van der Waals surface area contributed by atoms with Crippen molar-refractivity contribution in [2.75, 3.05) is 0 Å². The molecule has 2 aromatic heterocycles. The van der Waals surface area contributed by atoms with Crippen LogP contribution in [0.5, 0.6) is 0 Å². The van der Waals surface area contributed by atoms with Crippen LogP contribution in [0.3, 0.4) is 0 Å². The second-order valence-electron chi connectivity index (χ2n) is 6.89. The van der Waals surface area contributed by atoms with Crippen LogP contribution in [0.1, 0.15) is 37.8 Å². The van der Waals surface area contributed by atoms with Crippen LogP contribution in [-0.4, -0.2) is 21.6 Å². The number of carboxylic acids is 1. The van der Waals surface area contributed by atoms with E-state index in [-0.39, 0.29) is 5.54 Å². The molecule has 2 N–H and O–H groups in total. The van der Waals surface area contributed by atoms with Gasteiger partial charge >= 0.3 is 5.97 Å². The van der Waals surface area contributed by atoms with Crippen molar-refractivity contribution in [2.45, 2.75) is 44.2 Å². The highest BCUT2D eigenvalue weighted by Gasteiger charge is 2.58. The van der Waals surface area contributed by atoms with E-state index in [1.807, 2.05) is 24.3 Å². The molecular weight excluding hydrogens is 308 g/mol. The number of fused-ring (bicyclic) bond motifs is 2. The molecule has 2 bridgehead atoms. The molecule has 5 heteroatoms. The Bertz CT molecular complexity index is 718. The second kappa shape index (κ2) is 5.42. The molecule has 2 aliphatic carbocycles. The predicted octanol–water partition coefficient (Wildman–Crippen LogP) is 3.69. The highest BCUT2D eigenvalue weighted by Crippen LogP contribution is 2.56. The normalized spacial score (nSPS) is 29.0. The molecule has 0 aliphatic heterocycles. The number of nitrogens with zero attached hydrogens (tertiary/aromatic N) is 1. The summed E-state index contributed by atoms with van der Waals surface area (Å²) in [5.41, 5.74) is 1.55. The Morgan fingerprint density at radius 1 is 1.22 bits per heavy atom. The zero-order valence-electron chi connectivity index (χ0n) is 12.9. The lowest BCUT2D eigenvalue weighted by Gasteiger charge is -2.28. The summed E-state index contributed by atoms with van der Waals surface area (Å²) in [5.74, 6) is -0.614. The van der Waals surface area contributed by atoms with Crippen LogP contribution >= 0.6 is 11.3 Å². The number of hydrogen-bond acceptors (Lipinski definition) is 4. The monoisotopic (exact) mass is 328 g/mol. The van der Waals surface area contributed by atoms with Crippen LogP contribution in [-0.2, 0) is 11.3 Å². The van der Waals surface area contributed by atoms with Gasteiger partial charge in [-0.15, -0.1) is 11.3 Å². The molecule has 2 aliphatic rings. The third kappa shape index (κ3) is 2.58. The van der Waals surface area contributed by atoms with E-state index in [2.05, 4.69) is 16.8 Å². The maximum Gasteiger partial charge on any atom is 0.309 e. The first-order valence-electron chi connectivity index (χ1n) is 8.09. The van der Waals surface area contributed by atoms with Crippen molar-refractivity contribution in [1.82, 2.24) is 10.3 Å². The first-order chi connectivity index (χ1) is 11.1. The van der Waals surface area contributed by atoms with E-state index in [1.54, 1.807) is 11.3 Å². The summed E-state index contributed by atoms with van der Waals surface area (Å²) in [6.45, 7) is 0.703. The maximum absolute atomic E-state index is 11.5. The van der Waals surface area contributed by atoms with Gasteiger partial charge in [0, 0.05) is 12.1 Å². The number of nitrogens with one attached hydrogen (secondary N) is 1. The predicted molar refractivity (Wildman–Crippen MR) is 90.3 cm³/mol. The zero-order valence-corrected chi connectivity index (χ0v) is 13.7. The molecular formula is C18H20N2O2S. The van der Waals surface area contributed by atoms with Crippen LogP contribution in [0.4, 0.5) is 0 Å². The molecule has 0 saturated heterocycles. The van der Waals surface area contributed by atoms with Gasteiger partial charge in [0.1, 0.15) is 0 Å². The van der Waals surface area contributed by atoms with Gasteiger partial charge in [-0.3, -0.25) is 9.78 Å². The minimum absolute atomic E-state index is 0.000985. The SMILES string of the molecule is O=C(O)C12CCC(NCc3cccc(-c4cccs4)n3)(CC1)C2. The molecule has 23 heavy (non-hydrogen) atoms. The first kappa shape index (κ1) is 14.8. The van der Waals surface area contributed by atoms with E-state index >= 15 is 0 Å². The molecule has 2 heterocycles. The molecule has 0 radical (unpaired) electrons. The van der Waals surface area contributed by atoms with Gasteiger partial charge in [0.15, 0.2) is 0 Å². The standard InChI is InChI=1S/C18H20N2O2S/c21-16(22)17-6-8-18(12-17,9-7-17)19-11-13-3-1-4-14(20-13)15-5-2-10-23-15/h1-5,10,19H,6-9,11-12H2,(H,21,22). The number of carbonyl (C=O) groups is 1. The zero-order chi connectivity index (χ0) is 15.9. The average molecular weight is 328 g/mol. The van der Waals surface area contributed by atoms with Crippen LogP contribution < -0.4 is 5.32 Å². The highest BCUT2D eigenvalue weighted by atomic mass is 32.1. The Labute approximate surface area is 139 Å². The number of pyridine rings is 1. The molecule has 120 valence electrons. The molecule has 0 spiro atoms. The molecule has 0 amide bonds. The van der Waals surface area contributed by atoms with Gasteiger partial charge in [-0.25, -0.2) is 0 Å². The van der Waals surface area contributed by atoms with E-state index in [0.29, 0.717) is 6.54 Å². The number of hydrogen-bond donors (Lipinski definition) is 2. The summed E-state index contributed by atoms with van der Waals surface area (Å²) in [7, 11) is 0. The summed E-state index contributed by atoms with van der Waals surface area (Å²) >= 11 is 1.69. The van der Waals surface area contributed by atoms with Gasteiger partial charge in [-0.05, 0) is 55.7 Å². The molecule has 4 nitrogen and oxygen atoms in total. The van der Waals surface area contributed by atoms with Crippen LogP contribution in [0.15, 0.2) is 35.7 Å². The molecule has 0 atom stereocenters. The van der Waals surface area contributed by atoms with Crippen molar-refractivity contribution in [3.8, 4) is 10.6 Å². The second-order valence-corrected chi connectivity index (χ2v) is 7.84. The van der Waals surface area contributed by atoms with Crippen LogP contribution in [0.25, 0.3) is 10.6 Å². The fourth-order valence-electron chi connectivity index (χ4n) is 4.15. The van der Waals surface area contributed by atoms with Gasteiger partial charge in [-0.2, -0.15) is 0 Å². The molecule has 2 aromatic rings. The molecule has 2 saturated carbocycles. The van der Waals surface area contributed by atoms with Gasteiger partial charge in [0.05, 0.1) is 21.7 Å². The van der Waals surface area contributed by atoms with Crippen molar-refractivity contribution < 1.29 is 9.90 Å². The van der Waals surface area contributed by atoms with Gasteiger partial charge in [0.25, 0.3) is 0 Å². The van der Waals surface area contributed by atoms with Crippen molar-refractivity contribution in [3.05, 3.63) is 41.4 Å². The molecule has 0 aromatic carbocycles. The minimum Gasteiger partial charge on any atom is -0.481 e. The quantitative estimate of drug-likeness (QED) is 0.879. The summed E-state index contributed by atoms with van der Waals surface area (Å²) in [5, 5.41) is 15.2. The van der Waals surface area contributed by atoms with E-state index in [4.69, 9.17) is 4.98 Å². The lowest BCUT2D eigenvalue weighted by Crippen LogP contribution is -2.40. The Hall–Kier alpha value is -1.72. The fraction of sp³-hybridized carbons (Fsp3) is 0.444. The van der Waals surface area contributed by atoms with E-state index < -0.39 is 11.4 Å². The third-order valence-corrected chi connectivity index (χ3v) is 6.41. The summed E-state index contributed by atoms with van der Waals surface area (Å²) in [6, 6.07) is 10.2. The van der Waals surface area contributed by atoms with Gasteiger partial charge in [0.2, 0.25) is 0 Å². The van der Waals surface area contributed by atoms with E-state index in [9.17, 15) is 9.90 Å². The number of aliphatic carboxylic acids is 1. The number of aromatic nitrogens is 1. The van der Waals surface area contributed by atoms with Crippen LogP contribution in [0, 0.1) is 5.41 Å². The summed E-state index contributed by atoms with van der Waals surface area (Å²) < 4.78 is 0. The third-order valence-electron chi connectivity index (χ3n) is 5.52. The van der Waals surface area contributed by atoms with Gasteiger partial charge < -0.3 is 10.4 Å². The Kier molecular flexibility index (Phi) is 3.50. The number of rotatable bonds is 5. The topological polar surface area (TPSA) is 62.2 Å². The lowest BCUT2D eigenvalue weighted by molar-refractivity contribution is -0.148. The van der Waals surface area contributed by atoms with Gasteiger partial charge in [-0.1, -0.05) is 12.1 Å². The summed E-state index contributed by atoms with van der Waals surface area (Å²) in [6.07, 6.45) is 4.30.